The predicted molar refractivity (Wildman–Crippen MR) is 94.5 cm³/mol. The van der Waals surface area contributed by atoms with Crippen molar-refractivity contribution in [3.8, 4) is 6.07 Å². The van der Waals surface area contributed by atoms with Gasteiger partial charge in [0.2, 0.25) is 11.9 Å². The number of imidazole rings is 1. The standard InChI is InChI=1S/C19H18N4O2/c1-12(19(25)8-3-9-19)17(24)22-18-21-15-7-6-13(11-20)10-16(15)23(18)14-4-2-5-14/h2,4-7,10,12,25H,3,8-9H2,1H3,(H,21,22,24)/t12-/m1/s1. The van der Waals surface area contributed by atoms with Gasteiger partial charge in [0.05, 0.1) is 34.2 Å². The molecule has 0 aliphatic heterocycles. The summed E-state index contributed by atoms with van der Waals surface area (Å²) >= 11 is 0. The third-order valence-corrected chi connectivity index (χ3v) is 5.23. The van der Waals surface area contributed by atoms with Crippen molar-refractivity contribution in [3.05, 3.63) is 42.0 Å². The second-order valence-electron chi connectivity index (χ2n) is 6.70. The third-order valence-electron chi connectivity index (χ3n) is 5.23. The number of nitrogens with zero attached hydrogens (tertiary/aromatic N) is 3. The SMILES string of the molecule is C[C@H](C(=O)Nc1nc2ccc(C#N)cc2n1C1=CC=C1)C1(O)CCC1. The highest BCUT2D eigenvalue weighted by Crippen LogP contribution is 2.39. The lowest BCUT2D eigenvalue weighted by Gasteiger charge is -2.40. The average molecular weight is 334 g/mol. The molecule has 126 valence electrons. The molecule has 25 heavy (non-hydrogen) atoms. The number of aliphatic hydroxyl groups is 1. The van der Waals surface area contributed by atoms with Crippen LogP contribution in [-0.4, -0.2) is 26.2 Å². The molecule has 1 aromatic heterocycles. The van der Waals surface area contributed by atoms with Crippen molar-refractivity contribution in [2.75, 3.05) is 5.32 Å². The second-order valence-corrected chi connectivity index (χ2v) is 6.70. The predicted octanol–water partition coefficient (Wildman–Crippen LogP) is 2.81. The molecule has 0 radical (unpaired) electrons. The summed E-state index contributed by atoms with van der Waals surface area (Å²) in [5, 5.41) is 22.4. The zero-order valence-corrected chi connectivity index (χ0v) is 13.9. The molecule has 1 heterocycles. The van der Waals surface area contributed by atoms with Gasteiger partial charge < -0.3 is 5.11 Å². The fraction of sp³-hybridized carbons (Fsp3) is 0.316. The summed E-state index contributed by atoms with van der Waals surface area (Å²) < 4.78 is 1.83. The molecule has 2 aromatic rings. The zero-order chi connectivity index (χ0) is 17.6. The number of fused-ring (bicyclic) bond motifs is 1. The van der Waals surface area contributed by atoms with Crippen molar-refractivity contribution in [1.82, 2.24) is 9.55 Å². The molecule has 1 amide bonds. The Bertz CT molecular complexity index is 973. The molecule has 6 heteroatoms. The quantitative estimate of drug-likeness (QED) is 0.899. The van der Waals surface area contributed by atoms with Crippen LogP contribution in [0.5, 0.6) is 0 Å². The minimum absolute atomic E-state index is 0.247. The van der Waals surface area contributed by atoms with Crippen molar-refractivity contribution >= 4 is 28.6 Å². The van der Waals surface area contributed by atoms with Crippen molar-refractivity contribution in [1.29, 1.82) is 5.26 Å². The molecular formula is C19H18N4O2. The highest BCUT2D eigenvalue weighted by molar-refractivity contribution is 5.96. The van der Waals surface area contributed by atoms with Gasteiger partial charge in [-0.05, 0) is 49.6 Å². The number of rotatable bonds is 4. The Balaban J connectivity index is 1.71. The largest absolute Gasteiger partial charge is 0.389 e. The van der Waals surface area contributed by atoms with Gasteiger partial charge in [-0.2, -0.15) is 5.26 Å². The second kappa shape index (κ2) is 5.57. The summed E-state index contributed by atoms with van der Waals surface area (Å²) in [5.74, 6) is -0.348. The minimum Gasteiger partial charge on any atom is -0.389 e. The van der Waals surface area contributed by atoms with Gasteiger partial charge in [-0.3, -0.25) is 14.7 Å². The number of hydrogen-bond donors (Lipinski definition) is 2. The molecule has 0 spiro atoms. The topological polar surface area (TPSA) is 90.9 Å². The molecule has 2 aliphatic carbocycles. The van der Waals surface area contributed by atoms with E-state index in [0.29, 0.717) is 29.9 Å². The van der Waals surface area contributed by atoms with Gasteiger partial charge in [0.25, 0.3) is 0 Å². The van der Waals surface area contributed by atoms with Gasteiger partial charge >= 0.3 is 0 Å². The van der Waals surface area contributed by atoms with Crippen LogP contribution in [0.25, 0.3) is 16.7 Å². The fourth-order valence-electron chi connectivity index (χ4n) is 3.26. The fourth-order valence-corrected chi connectivity index (χ4v) is 3.26. The molecule has 1 atom stereocenters. The molecule has 2 N–H and O–H groups in total. The number of allylic oxidation sites excluding steroid dienone is 4. The molecule has 1 saturated carbocycles. The highest BCUT2D eigenvalue weighted by Gasteiger charge is 2.43. The lowest BCUT2D eigenvalue weighted by Crippen LogP contribution is -2.48. The number of carbonyl (C=O) groups is 1. The first-order valence-corrected chi connectivity index (χ1v) is 8.36. The van der Waals surface area contributed by atoms with Crippen molar-refractivity contribution in [3.63, 3.8) is 0 Å². The van der Waals surface area contributed by atoms with Crippen molar-refractivity contribution in [2.24, 2.45) is 5.92 Å². The summed E-state index contributed by atoms with van der Waals surface area (Å²) in [6.45, 7) is 1.75. The first-order valence-electron chi connectivity index (χ1n) is 8.36. The van der Waals surface area contributed by atoms with Gasteiger partial charge in [0, 0.05) is 5.70 Å². The van der Waals surface area contributed by atoms with Crippen LogP contribution in [0.2, 0.25) is 0 Å². The normalized spacial score (nSPS) is 18.7. The number of amides is 1. The average Bonchev–Trinajstić information content (AvgIpc) is 2.87. The van der Waals surface area contributed by atoms with E-state index in [4.69, 9.17) is 5.26 Å². The first kappa shape index (κ1) is 15.6. The van der Waals surface area contributed by atoms with Crippen molar-refractivity contribution in [2.45, 2.75) is 31.8 Å². The van der Waals surface area contributed by atoms with Crippen LogP contribution >= 0.6 is 0 Å². The van der Waals surface area contributed by atoms with E-state index in [9.17, 15) is 9.90 Å². The Hall–Kier alpha value is -2.91. The van der Waals surface area contributed by atoms with Gasteiger partial charge in [-0.25, -0.2) is 4.98 Å². The number of nitrogens with one attached hydrogen (secondary N) is 1. The zero-order valence-electron chi connectivity index (χ0n) is 13.9. The van der Waals surface area contributed by atoms with E-state index >= 15 is 0 Å². The Morgan fingerprint density at radius 2 is 2.24 bits per heavy atom. The van der Waals surface area contributed by atoms with Crippen LogP contribution in [0.15, 0.2) is 36.4 Å². The molecule has 0 unspecified atom stereocenters. The van der Waals surface area contributed by atoms with E-state index in [1.807, 2.05) is 22.8 Å². The summed E-state index contributed by atoms with van der Waals surface area (Å²) in [4.78, 5) is 17.1. The number of benzene rings is 1. The van der Waals surface area contributed by atoms with E-state index in [0.717, 1.165) is 17.6 Å². The number of carbonyl (C=O) groups excluding carboxylic acids is 1. The van der Waals surface area contributed by atoms with Crippen LogP contribution in [0, 0.1) is 17.2 Å². The lowest BCUT2D eigenvalue weighted by molar-refractivity contribution is -0.136. The smallest absolute Gasteiger partial charge is 0.232 e. The summed E-state index contributed by atoms with van der Waals surface area (Å²) in [6, 6.07) is 7.36. The first-order chi connectivity index (χ1) is 12.0. The van der Waals surface area contributed by atoms with E-state index in [2.05, 4.69) is 16.4 Å². The molecule has 1 aromatic carbocycles. The molecule has 1 fully saturated rings. The van der Waals surface area contributed by atoms with E-state index in [-0.39, 0.29) is 5.91 Å². The number of hydrogen-bond acceptors (Lipinski definition) is 4. The van der Waals surface area contributed by atoms with Gasteiger partial charge in [0.15, 0.2) is 0 Å². The maximum atomic E-state index is 12.6. The van der Waals surface area contributed by atoms with E-state index < -0.39 is 11.5 Å². The maximum absolute atomic E-state index is 12.6. The van der Waals surface area contributed by atoms with Crippen molar-refractivity contribution < 1.29 is 9.90 Å². The number of anilines is 1. The molecule has 4 rings (SSSR count). The Morgan fingerprint density at radius 3 is 2.80 bits per heavy atom. The maximum Gasteiger partial charge on any atom is 0.232 e. The summed E-state index contributed by atoms with van der Waals surface area (Å²) in [7, 11) is 0. The van der Waals surface area contributed by atoms with Crippen LogP contribution < -0.4 is 5.32 Å². The molecule has 0 saturated heterocycles. The highest BCUT2D eigenvalue weighted by atomic mass is 16.3. The summed E-state index contributed by atoms with van der Waals surface area (Å²) in [6.07, 6.45) is 7.98. The van der Waals surface area contributed by atoms with E-state index in [1.165, 1.54) is 0 Å². The Labute approximate surface area is 145 Å². The van der Waals surface area contributed by atoms with Crippen LogP contribution in [0.3, 0.4) is 0 Å². The van der Waals surface area contributed by atoms with Gasteiger partial charge in [-0.1, -0.05) is 13.0 Å². The Morgan fingerprint density at radius 1 is 1.48 bits per heavy atom. The molecular weight excluding hydrogens is 316 g/mol. The number of aromatic nitrogens is 2. The number of nitriles is 1. The summed E-state index contributed by atoms with van der Waals surface area (Å²) in [5.41, 5.74) is 1.98. The van der Waals surface area contributed by atoms with E-state index in [1.54, 1.807) is 25.1 Å². The van der Waals surface area contributed by atoms with Gasteiger partial charge in [0.1, 0.15) is 0 Å². The third kappa shape index (κ3) is 2.44. The van der Waals surface area contributed by atoms with Gasteiger partial charge in [-0.15, -0.1) is 0 Å². The molecule has 0 bridgehead atoms. The van der Waals surface area contributed by atoms with Crippen LogP contribution in [-0.2, 0) is 4.79 Å². The molecule has 2 aliphatic rings. The molecule has 6 nitrogen and oxygen atoms in total. The van der Waals surface area contributed by atoms with Crippen LogP contribution in [0.4, 0.5) is 5.95 Å². The monoisotopic (exact) mass is 334 g/mol. The minimum atomic E-state index is -0.912. The lowest BCUT2D eigenvalue weighted by atomic mass is 9.71. The van der Waals surface area contributed by atoms with Crippen LogP contribution in [0.1, 0.15) is 31.7 Å². The Kier molecular flexibility index (Phi) is 3.48.